The largest absolute Gasteiger partial charge is 0.374 e. The third-order valence-electron chi connectivity index (χ3n) is 13.7. The van der Waals surface area contributed by atoms with Crippen LogP contribution in [0.5, 0.6) is 0 Å². The number of aromatic nitrogens is 4. The van der Waals surface area contributed by atoms with Gasteiger partial charge < -0.3 is 37.2 Å². The summed E-state index contributed by atoms with van der Waals surface area (Å²) in [5.74, 6) is 10.7. The SMILES string of the molecule is CC.CC.CC.CC.CC.CC.CC.CC.CC.CC1=NC(C)C(C)N1.CC1=NCC2=C(CCCC2)N1.CC1=NCC2CCCCC2N1.CC1=NCCCN1.CC1=NCc2c(C)nc(C)nc2N1.CC1=NCc2cccnc2N1.CC1=NCc2ccnc(C)c2N1. The van der Waals surface area contributed by atoms with Crippen molar-refractivity contribution in [2.45, 2.75) is 303 Å². The molecule has 1 fully saturated rings. The summed E-state index contributed by atoms with van der Waals surface area (Å²) in [6.45, 7) is 66.5. The highest BCUT2D eigenvalue weighted by Crippen LogP contribution is 2.27. The van der Waals surface area contributed by atoms with E-state index in [4.69, 9.17) is 0 Å². The molecule has 9 aliphatic rings. The number of nitrogens with zero attached hydrogens (tertiary/aromatic N) is 11. The van der Waals surface area contributed by atoms with E-state index in [1.54, 1.807) is 11.8 Å². The molecule has 0 aromatic carbocycles. The fourth-order valence-electron chi connectivity index (χ4n) is 9.38. The van der Waals surface area contributed by atoms with Gasteiger partial charge in [-0.2, -0.15) is 0 Å². The molecule has 0 saturated heterocycles. The van der Waals surface area contributed by atoms with Gasteiger partial charge in [0.05, 0.1) is 84.5 Å². The van der Waals surface area contributed by atoms with Gasteiger partial charge in [-0.1, -0.05) is 144 Å². The lowest BCUT2D eigenvalue weighted by Gasteiger charge is -2.35. The van der Waals surface area contributed by atoms with Crippen LogP contribution in [0, 0.1) is 26.7 Å². The molecule has 0 amide bonds. The zero-order chi connectivity index (χ0) is 70.3. The van der Waals surface area contributed by atoms with Crippen molar-refractivity contribution >= 4 is 58.2 Å². The number of amidine groups is 7. The van der Waals surface area contributed by atoms with Crippen LogP contribution in [0.3, 0.4) is 0 Å². The van der Waals surface area contributed by atoms with E-state index in [0.29, 0.717) is 18.6 Å². The van der Waals surface area contributed by atoms with Crippen molar-refractivity contribution in [2.75, 3.05) is 42.1 Å². The van der Waals surface area contributed by atoms with Crippen LogP contribution in [0.2, 0.25) is 0 Å². The highest BCUT2D eigenvalue weighted by atomic mass is 15.1. The Morgan fingerprint density at radius 3 is 1.56 bits per heavy atom. The van der Waals surface area contributed by atoms with Crippen LogP contribution in [-0.4, -0.2) is 105 Å². The average Bonchev–Trinajstić information content (AvgIpc) is 1.92. The molecule has 12 rings (SSSR count). The number of hydrogen-bond acceptors (Lipinski definition) is 18. The Morgan fingerprint density at radius 2 is 1.00 bits per heavy atom. The van der Waals surface area contributed by atoms with Crippen LogP contribution < -0.4 is 37.2 Å². The van der Waals surface area contributed by atoms with Crippen LogP contribution in [0.15, 0.2) is 76.8 Å². The van der Waals surface area contributed by atoms with Gasteiger partial charge in [0.1, 0.15) is 17.5 Å². The minimum Gasteiger partial charge on any atom is -0.374 e. The quantitative estimate of drug-likeness (QED) is 0.112. The second kappa shape index (κ2) is 58.5. The van der Waals surface area contributed by atoms with E-state index in [2.05, 4.69) is 113 Å². The Labute approximate surface area is 558 Å². The molecule has 3 aromatic rings. The van der Waals surface area contributed by atoms with E-state index < -0.39 is 0 Å². The standard InChI is InChI=1S/C9H12N4.C9H11N3.C9H16N2.C9H14N2.C8H9N3.C6H12N2.C5H10N2.9C2H6/c1-5-8-4-10-6(2)12-9(8)13-7(3)11-5;1-6-9-8(3-4-10-6)5-11-7(2)12-9;2*1-7-10-6-8-4-2-3-5-9(8)11-7;1-6-10-5-7-3-2-4-9-8(7)11-6;1-4-5(2)8-6(3)7-4;1-5-6-3-2-4-7-5;9*1-2/h4H2,1-3H3,(H,10,11,12,13);3-4H,5H2,1-2H3,(H,11,12);8-9H,2-6H2,1H3,(H,10,11);2-6H2,1H3,(H,10,11);2-4H,5H2,1H3,(H,9,10,11);4-5H,1-3H3,(H,7,8);2-4H2,1H3,(H,6,7);9*1-2H3. The molecule has 1 saturated carbocycles. The first-order chi connectivity index (χ1) is 44.1. The van der Waals surface area contributed by atoms with E-state index >= 15 is 0 Å². The van der Waals surface area contributed by atoms with Gasteiger partial charge in [-0.3, -0.25) is 39.9 Å². The second-order valence-corrected chi connectivity index (χ2v) is 19.9. The Balaban J connectivity index is -0.000000468. The molecular formula is C73H138N18. The van der Waals surface area contributed by atoms with Crippen molar-refractivity contribution in [1.82, 2.24) is 41.2 Å². The number of aryl methyl sites for hydroxylation is 3. The zero-order valence-electron chi connectivity index (χ0n) is 63.9. The molecule has 4 unspecified atom stereocenters. The fraction of sp³-hybridized carbons (Fsp3) is 0.685. The third-order valence-corrected chi connectivity index (χ3v) is 13.7. The summed E-state index contributed by atoms with van der Waals surface area (Å²) in [6.07, 6.45) is 15.6. The maximum Gasteiger partial charge on any atom is 0.140 e. The predicted octanol–water partition coefficient (Wildman–Crippen LogP) is 18.4. The van der Waals surface area contributed by atoms with E-state index in [0.717, 1.165) is 138 Å². The molecule has 0 bridgehead atoms. The molecular weight excluding hydrogens is 1130 g/mol. The molecule has 91 heavy (non-hydrogen) atoms. The van der Waals surface area contributed by atoms with Crippen LogP contribution >= 0.6 is 0 Å². The highest BCUT2D eigenvalue weighted by molar-refractivity contribution is 5.96. The zero-order valence-corrected chi connectivity index (χ0v) is 63.9. The summed E-state index contributed by atoms with van der Waals surface area (Å²) in [5.41, 5.74) is 9.70. The van der Waals surface area contributed by atoms with E-state index in [-0.39, 0.29) is 0 Å². The summed E-state index contributed by atoms with van der Waals surface area (Å²) in [7, 11) is 0. The number of rotatable bonds is 0. The van der Waals surface area contributed by atoms with Gasteiger partial charge in [-0.25, -0.2) is 15.0 Å². The summed E-state index contributed by atoms with van der Waals surface area (Å²) >= 11 is 0. The molecule has 18 heteroatoms. The van der Waals surface area contributed by atoms with Gasteiger partial charge in [0, 0.05) is 72.2 Å². The molecule has 7 aliphatic heterocycles. The first-order valence-corrected chi connectivity index (χ1v) is 35.5. The topological polar surface area (TPSA) is 222 Å². The van der Waals surface area contributed by atoms with Crippen molar-refractivity contribution in [2.24, 2.45) is 40.9 Å². The molecule has 3 aromatic heterocycles. The minimum atomic E-state index is 0.468. The molecule has 0 spiro atoms. The minimum absolute atomic E-state index is 0.468. The van der Waals surface area contributed by atoms with Crippen molar-refractivity contribution < 1.29 is 0 Å². The number of anilines is 3. The number of fused-ring (bicyclic) bond motifs is 4. The predicted molar refractivity (Wildman–Crippen MR) is 407 cm³/mol. The lowest BCUT2D eigenvalue weighted by Crippen LogP contribution is -2.45. The van der Waals surface area contributed by atoms with Crippen LogP contribution in [0.25, 0.3) is 0 Å². The maximum absolute atomic E-state index is 4.42. The van der Waals surface area contributed by atoms with Crippen LogP contribution in [0.1, 0.15) is 279 Å². The van der Waals surface area contributed by atoms with Crippen molar-refractivity contribution in [3.8, 4) is 0 Å². The van der Waals surface area contributed by atoms with Gasteiger partial charge in [0.25, 0.3) is 0 Å². The Bertz CT molecular complexity index is 2590. The summed E-state index contributed by atoms with van der Waals surface area (Å²) < 4.78 is 0. The Hall–Kier alpha value is -6.59. The number of hydrogen-bond donors (Lipinski definition) is 7. The molecule has 4 atom stereocenters. The highest BCUT2D eigenvalue weighted by Gasteiger charge is 2.27. The van der Waals surface area contributed by atoms with E-state index in [1.165, 1.54) is 69.0 Å². The third kappa shape index (κ3) is 37.5. The molecule has 520 valence electrons. The number of aliphatic imine (C=N–C) groups is 7. The van der Waals surface area contributed by atoms with Gasteiger partial charge in [-0.05, 0) is 152 Å². The monoisotopic (exact) mass is 1270 g/mol. The van der Waals surface area contributed by atoms with Crippen molar-refractivity contribution in [1.29, 1.82) is 0 Å². The number of nitrogens with one attached hydrogen (secondary N) is 7. The number of pyridine rings is 2. The van der Waals surface area contributed by atoms with Crippen LogP contribution in [0.4, 0.5) is 17.3 Å². The van der Waals surface area contributed by atoms with Crippen molar-refractivity contribution in [3.63, 3.8) is 0 Å². The van der Waals surface area contributed by atoms with Gasteiger partial charge in [0.2, 0.25) is 0 Å². The summed E-state index contributed by atoms with van der Waals surface area (Å²) in [6, 6.07) is 7.72. The van der Waals surface area contributed by atoms with E-state index in [9.17, 15) is 0 Å². The first-order valence-electron chi connectivity index (χ1n) is 35.5. The summed E-state index contributed by atoms with van der Waals surface area (Å²) in [5, 5.41) is 22.6. The molecule has 10 heterocycles. The average molecular weight is 1270 g/mol. The Morgan fingerprint density at radius 1 is 0.440 bits per heavy atom. The lowest BCUT2D eigenvalue weighted by molar-refractivity contribution is 0.283. The van der Waals surface area contributed by atoms with Crippen LogP contribution in [-0.2, 0) is 19.6 Å². The smallest absolute Gasteiger partial charge is 0.140 e. The second-order valence-electron chi connectivity index (χ2n) is 19.9. The molecule has 18 nitrogen and oxygen atoms in total. The molecule has 0 radical (unpaired) electrons. The normalized spacial score (nSPS) is 18.5. The Kier molecular flexibility index (Phi) is 58.4. The lowest BCUT2D eigenvalue weighted by atomic mass is 9.84. The van der Waals surface area contributed by atoms with Gasteiger partial charge in [-0.15, -0.1) is 0 Å². The first kappa shape index (κ1) is 90.8. The van der Waals surface area contributed by atoms with E-state index in [1.807, 2.05) is 211 Å². The van der Waals surface area contributed by atoms with Gasteiger partial charge >= 0.3 is 0 Å². The van der Waals surface area contributed by atoms with Crippen molar-refractivity contribution in [3.05, 3.63) is 75.8 Å². The van der Waals surface area contributed by atoms with Gasteiger partial charge in [0.15, 0.2) is 0 Å². The summed E-state index contributed by atoms with van der Waals surface area (Å²) in [4.78, 5) is 47.0. The molecule has 7 N–H and O–H groups in total. The maximum atomic E-state index is 4.42. The number of allylic oxidation sites excluding steroid dienone is 1. The molecule has 2 aliphatic carbocycles. The fourth-order valence-corrected chi connectivity index (χ4v) is 9.38.